The minimum atomic E-state index is -3.25. The number of esters is 1. The van der Waals surface area contributed by atoms with Crippen LogP contribution in [0.3, 0.4) is 0 Å². The van der Waals surface area contributed by atoms with Crippen molar-refractivity contribution in [1.82, 2.24) is 5.32 Å². The number of hydrogen-bond donors (Lipinski definition) is 1. The van der Waals surface area contributed by atoms with Crippen LogP contribution in [0.4, 0.5) is 4.79 Å². The third-order valence-electron chi connectivity index (χ3n) is 10.4. The first kappa shape index (κ1) is 50.0. The van der Waals surface area contributed by atoms with E-state index in [4.69, 9.17) is 37.9 Å². The van der Waals surface area contributed by atoms with E-state index >= 15 is 0 Å². The lowest BCUT2D eigenvalue weighted by Crippen LogP contribution is -2.67. The molecule has 4 aromatic rings. The molecule has 5 rings (SSSR count). The maximum atomic E-state index is 13.7. The van der Waals surface area contributed by atoms with Crippen LogP contribution in [0, 0.1) is 10.1 Å². The molecule has 4 aromatic carbocycles. The minimum absolute atomic E-state index is 0.0177. The standard InChI is InChI=1S/C49H64N2O12Si/c1-34(40(44(52)61-47(2,3)4)50-46(53)62-48(5,6)7)59-45-41(51(54)55)43(57-32-36-25-17-12-18-26-36)42(56-31-35-23-15-11-16-24-35)39(60-45)33-58-63-64(49(8,9)10,37-27-19-13-20-28-37)38-29-21-14-22-30-38/h11-30,34,39-43,45H,31-33H2,1-10H3,(H,50,53)/t34-,39-,40+,41-,42+,43-,45+/m1/s1. The molecule has 7 atom stereocenters. The number of ether oxygens (including phenoxy) is 6. The Balaban J connectivity index is 1.56. The van der Waals surface area contributed by atoms with Gasteiger partial charge in [0.2, 0.25) is 6.29 Å². The number of nitro groups is 1. The van der Waals surface area contributed by atoms with E-state index in [9.17, 15) is 19.7 Å². The largest absolute Gasteiger partial charge is 0.458 e. The normalized spacial score (nSPS) is 20.4. The summed E-state index contributed by atoms with van der Waals surface area (Å²) in [6.07, 6.45) is -7.37. The molecular formula is C49H64N2O12Si. The topological polar surface area (TPSA) is 163 Å². The third-order valence-corrected chi connectivity index (χ3v) is 15.2. The van der Waals surface area contributed by atoms with Crippen LogP contribution < -0.4 is 15.7 Å². The molecule has 0 saturated carbocycles. The molecule has 0 unspecified atom stereocenters. The van der Waals surface area contributed by atoms with E-state index in [1.165, 1.54) is 6.92 Å². The maximum Gasteiger partial charge on any atom is 0.408 e. The summed E-state index contributed by atoms with van der Waals surface area (Å²) in [5.41, 5.74) is -0.288. The van der Waals surface area contributed by atoms with E-state index < -0.39 is 84.3 Å². The number of carbonyl (C=O) groups excluding carboxylic acids is 2. The average molecular weight is 901 g/mol. The second-order valence-electron chi connectivity index (χ2n) is 18.9. The van der Waals surface area contributed by atoms with Crippen molar-refractivity contribution in [2.24, 2.45) is 0 Å². The van der Waals surface area contributed by atoms with Gasteiger partial charge in [0.05, 0.1) is 19.3 Å². The van der Waals surface area contributed by atoms with Crippen LogP contribution in [-0.4, -0.2) is 85.9 Å². The Bertz CT molecular complexity index is 2040. The van der Waals surface area contributed by atoms with Crippen LogP contribution in [0.5, 0.6) is 0 Å². The van der Waals surface area contributed by atoms with Crippen molar-refractivity contribution < 1.29 is 52.4 Å². The number of benzene rings is 4. The van der Waals surface area contributed by atoms with E-state index in [0.29, 0.717) is 0 Å². The highest BCUT2D eigenvalue weighted by Gasteiger charge is 2.57. The predicted molar refractivity (Wildman–Crippen MR) is 244 cm³/mol. The molecule has 14 nitrogen and oxygen atoms in total. The van der Waals surface area contributed by atoms with Gasteiger partial charge in [-0.2, -0.15) is 0 Å². The summed E-state index contributed by atoms with van der Waals surface area (Å²) in [6, 6.07) is 35.3. The van der Waals surface area contributed by atoms with E-state index in [2.05, 4.69) is 26.1 Å². The molecule has 1 fully saturated rings. The van der Waals surface area contributed by atoms with Crippen LogP contribution in [0.2, 0.25) is 5.04 Å². The number of nitrogens with one attached hydrogen (secondary N) is 1. The Labute approximate surface area is 378 Å². The van der Waals surface area contributed by atoms with Crippen molar-refractivity contribution in [3.63, 3.8) is 0 Å². The van der Waals surface area contributed by atoms with E-state index in [0.717, 1.165) is 21.5 Å². The highest BCUT2D eigenvalue weighted by atomic mass is 28.4. The first-order valence-electron chi connectivity index (χ1n) is 21.6. The van der Waals surface area contributed by atoms with Gasteiger partial charge in [0.1, 0.15) is 30.0 Å². The van der Waals surface area contributed by atoms with E-state index in [1.807, 2.05) is 121 Å². The monoisotopic (exact) mass is 900 g/mol. The summed E-state index contributed by atoms with van der Waals surface area (Å²) < 4.78 is 44.1. The van der Waals surface area contributed by atoms with E-state index in [-0.39, 0.29) is 19.8 Å². The SMILES string of the molecule is C[C@@H](O[C@H]1O[C@H](COO[Si](c2ccccc2)(c2ccccc2)C(C)(C)C)[C@H](OCc2ccccc2)[C@H](OCc2ccccc2)[C@H]1[N+](=O)[O-])[C@H](NC(=O)OC(C)(C)C)C(=O)OC(C)(C)C. The van der Waals surface area contributed by atoms with Crippen molar-refractivity contribution in [3.05, 3.63) is 143 Å². The van der Waals surface area contributed by atoms with Gasteiger partial charge in [-0.05, 0) is 75.0 Å². The van der Waals surface area contributed by atoms with Crippen molar-refractivity contribution in [3.8, 4) is 0 Å². The Morgan fingerprint density at radius 2 is 1.16 bits per heavy atom. The molecule has 1 heterocycles. The van der Waals surface area contributed by atoms with Crippen molar-refractivity contribution in [1.29, 1.82) is 0 Å². The van der Waals surface area contributed by atoms with Crippen LogP contribution >= 0.6 is 0 Å². The van der Waals surface area contributed by atoms with Gasteiger partial charge in [0.25, 0.3) is 6.04 Å². The molecule has 0 bridgehead atoms. The summed E-state index contributed by atoms with van der Waals surface area (Å²) >= 11 is 0. The summed E-state index contributed by atoms with van der Waals surface area (Å²) in [7, 11) is -3.25. The van der Waals surface area contributed by atoms with Crippen LogP contribution in [-0.2, 0) is 55.9 Å². The highest BCUT2D eigenvalue weighted by molar-refractivity contribution is 6.99. The molecule has 0 spiro atoms. The zero-order valence-corrected chi connectivity index (χ0v) is 39.6. The molecule has 1 amide bonds. The Morgan fingerprint density at radius 3 is 1.59 bits per heavy atom. The zero-order chi connectivity index (χ0) is 46.7. The minimum Gasteiger partial charge on any atom is -0.458 e. The summed E-state index contributed by atoms with van der Waals surface area (Å²) in [6.45, 7) is 17.6. The molecule has 1 aliphatic heterocycles. The molecule has 15 heteroatoms. The number of carbonyl (C=O) groups is 2. The third kappa shape index (κ3) is 13.5. The van der Waals surface area contributed by atoms with Crippen molar-refractivity contribution >= 4 is 30.8 Å². The smallest absolute Gasteiger partial charge is 0.408 e. The van der Waals surface area contributed by atoms with E-state index in [1.54, 1.807) is 41.5 Å². The van der Waals surface area contributed by atoms with Gasteiger partial charge in [-0.25, -0.2) is 14.5 Å². The van der Waals surface area contributed by atoms with Gasteiger partial charge >= 0.3 is 20.4 Å². The van der Waals surface area contributed by atoms with Gasteiger partial charge in [-0.3, -0.25) is 14.7 Å². The van der Waals surface area contributed by atoms with Gasteiger partial charge in [-0.15, -0.1) is 0 Å². The summed E-state index contributed by atoms with van der Waals surface area (Å²) in [4.78, 5) is 46.1. The Kier molecular flexibility index (Phi) is 17.0. The predicted octanol–water partition coefficient (Wildman–Crippen LogP) is 7.68. The molecule has 1 saturated heterocycles. The number of alkyl carbamates (subject to hydrolysis) is 1. The maximum absolute atomic E-state index is 13.7. The summed E-state index contributed by atoms with van der Waals surface area (Å²) in [5, 5.41) is 17.4. The zero-order valence-electron chi connectivity index (χ0n) is 38.6. The van der Waals surface area contributed by atoms with Gasteiger partial charge in [0, 0.05) is 4.92 Å². The fraction of sp³-hybridized carbons (Fsp3) is 0.469. The first-order chi connectivity index (χ1) is 30.2. The highest BCUT2D eigenvalue weighted by Crippen LogP contribution is 2.38. The Morgan fingerprint density at radius 1 is 0.703 bits per heavy atom. The second kappa shape index (κ2) is 21.8. The fourth-order valence-corrected chi connectivity index (χ4v) is 11.6. The molecule has 64 heavy (non-hydrogen) atoms. The van der Waals surface area contributed by atoms with Crippen LogP contribution in [0.1, 0.15) is 80.4 Å². The molecule has 0 aromatic heterocycles. The van der Waals surface area contributed by atoms with Gasteiger partial charge in [-0.1, -0.05) is 142 Å². The number of rotatable bonds is 18. The molecule has 0 aliphatic carbocycles. The average Bonchev–Trinajstić information content (AvgIpc) is 3.22. The lowest BCUT2D eigenvalue weighted by atomic mass is 9.96. The Hall–Kier alpha value is -5.00. The van der Waals surface area contributed by atoms with Crippen LogP contribution in [0.15, 0.2) is 121 Å². The second-order valence-corrected chi connectivity index (χ2v) is 23.1. The summed E-state index contributed by atoms with van der Waals surface area (Å²) in [5.74, 6) is -0.848. The molecule has 0 radical (unpaired) electrons. The molecule has 346 valence electrons. The first-order valence-corrected chi connectivity index (χ1v) is 23.5. The fourth-order valence-electron chi connectivity index (χ4n) is 7.53. The molecular weight excluding hydrogens is 837 g/mol. The van der Waals surface area contributed by atoms with Crippen LogP contribution in [0.25, 0.3) is 0 Å². The van der Waals surface area contributed by atoms with Crippen molar-refractivity contribution in [2.45, 2.75) is 141 Å². The molecule has 1 aliphatic rings. The number of amides is 1. The molecule has 1 N–H and O–H groups in total. The number of hydrogen-bond acceptors (Lipinski definition) is 12. The van der Waals surface area contributed by atoms with Gasteiger partial charge < -0.3 is 33.7 Å². The quantitative estimate of drug-likeness (QED) is 0.0341. The number of nitrogens with zero attached hydrogens (tertiary/aromatic N) is 1. The lowest BCUT2D eigenvalue weighted by Gasteiger charge is -2.44. The lowest BCUT2D eigenvalue weighted by molar-refractivity contribution is -0.578. The van der Waals surface area contributed by atoms with Gasteiger partial charge in [0.15, 0.2) is 12.1 Å². The van der Waals surface area contributed by atoms with Crippen molar-refractivity contribution in [2.75, 3.05) is 6.61 Å².